The third-order valence-corrected chi connectivity index (χ3v) is 5.25. The second kappa shape index (κ2) is 9.11. The molecule has 1 amide bonds. The van der Waals surface area contributed by atoms with Gasteiger partial charge in [0.15, 0.2) is 0 Å². The van der Waals surface area contributed by atoms with Crippen molar-refractivity contribution in [2.24, 2.45) is 0 Å². The molecule has 0 fully saturated rings. The smallest absolute Gasteiger partial charge is 0.234 e. The van der Waals surface area contributed by atoms with Crippen LogP contribution < -0.4 is 10.1 Å². The van der Waals surface area contributed by atoms with E-state index in [4.69, 9.17) is 4.74 Å². The van der Waals surface area contributed by atoms with Crippen molar-refractivity contribution in [3.05, 3.63) is 96.1 Å². The average Bonchev–Trinajstić information content (AvgIpc) is 2.70. The number of methoxy groups -OCH3 is 1. The molecule has 4 heteroatoms. The maximum absolute atomic E-state index is 12.4. The summed E-state index contributed by atoms with van der Waals surface area (Å²) in [4.78, 5) is 12.4. The molecule has 0 unspecified atom stereocenters. The Balaban J connectivity index is 1.68. The predicted octanol–water partition coefficient (Wildman–Crippen LogP) is 5.16. The molecule has 132 valence electrons. The normalized spacial score (nSPS) is 10.5. The van der Waals surface area contributed by atoms with Gasteiger partial charge < -0.3 is 10.1 Å². The lowest BCUT2D eigenvalue weighted by Gasteiger charge is -2.17. The van der Waals surface area contributed by atoms with Gasteiger partial charge >= 0.3 is 0 Å². The summed E-state index contributed by atoms with van der Waals surface area (Å²) in [5, 5.41) is 3.05. The van der Waals surface area contributed by atoms with Crippen molar-refractivity contribution < 1.29 is 9.53 Å². The molecule has 3 aromatic carbocycles. The number of rotatable bonds is 7. The molecule has 26 heavy (non-hydrogen) atoms. The third-order valence-electron chi connectivity index (χ3n) is 3.94. The van der Waals surface area contributed by atoms with Gasteiger partial charge in [0.2, 0.25) is 5.91 Å². The van der Waals surface area contributed by atoms with Crippen molar-refractivity contribution in [2.75, 3.05) is 18.2 Å². The van der Waals surface area contributed by atoms with E-state index in [-0.39, 0.29) is 11.2 Å². The van der Waals surface area contributed by atoms with Crippen LogP contribution in [0.25, 0.3) is 0 Å². The highest BCUT2D eigenvalue weighted by molar-refractivity contribution is 8.00. The van der Waals surface area contributed by atoms with Crippen LogP contribution >= 0.6 is 11.8 Å². The molecule has 0 aliphatic heterocycles. The number of benzene rings is 3. The van der Waals surface area contributed by atoms with Gasteiger partial charge in [0.1, 0.15) is 5.75 Å². The average molecular weight is 363 g/mol. The highest BCUT2D eigenvalue weighted by atomic mass is 32.2. The van der Waals surface area contributed by atoms with Crippen LogP contribution in [0.4, 0.5) is 5.69 Å². The Morgan fingerprint density at radius 1 is 0.923 bits per heavy atom. The van der Waals surface area contributed by atoms with Crippen LogP contribution in [0.5, 0.6) is 5.75 Å². The van der Waals surface area contributed by atoms with Gasteiger partial charge in [-0.15, -0.1) is 11.8 Å². The highest BCUT2D eigenvalue weighted by Gasteiger charge is 2.16. The van der Waals surface area contributed by atoms with Crippen LogP contribution in [0.1, 0.15) is 16.4 Å². The van der Waals surface area contributed by atoms with Crippen LogP contribution in [0, 0.1) is 0 Å². The van der Waals surface area contributed by atoms with Gasteiger partial charge in [0, 0.05) is 11.8 Å². The Labute approximate surface area is 158 Å². The topological polar surface area (TPSA) is 38.3 Å². The second-order valence-corrected chi connectivity index (χ2v) is 6.89. The number of amides is 1. The molecule has 0 aliphatic rings. The summed E-state index contributed by atoms with van der Waals surface area (Å²) in [6.07, 6.45) is 0. The van der Waals surface area contributed by atoms with E-state index >= 15 is 0 Å². The van der Waals surface area contributed by atoms with Crippen molar-refractivity contribution in [2.45, 2.75) is 5.25 Å². The Morgan fingerprint density at radius 3 is 2.12 bits per heavy atom. The summed E-state index contributed by atoms with van der Waals surface area (Å²) in [5.41, 5.74) is 3.13. The van der Waals surface area contributed by atoms with Crippen molar-refractivity contribution in [1.29, 1.82) is 0 Å². The van der Waals surface area contributed by atoms with Crippen molar-refractivity contribution in [3.8, 4) is 5.75 Å². The van der Waals surface area contributed by atoms with Gasteiger partial charge in [0.25, 0.3) is 0 Å². The molecule has 0 bridgehead atoms. The Morgan fingerprint density at radius 2 is 1.54 bits per heavy atom. The van der Waals surface area contributed by atoms with E-state index in [0.717, 1.165) is 11.4 Å². The highest BCUT2D eigenvalue weighted by Crippen LogP contribution is 2.35. The molecule has 3 rings (SSSR count). The van der Waals surface area contributed by atoms with E-state index in [0.29, 0.717) is 5.75 Å². The molecule has 1 N–H and O–H groups in total. The SMILES string of the molecule is COc1cccc(NC(=O)CSC(c2ccccc2)c2ccccc2)c1. The van der Waals surface area contributed by atoms with Gasteiger partial charge in [-0.25, -0.2) is 0 Å². The van der Waals surface area contributed by atoms with Gasteiger partial charge in [-0.3, -0.25) is 4.79 Å². The molecule has 0 atom stereocenters. The molecular weight excluding hydrogens is 342 g/mol. The summed E-state index contributed by atoms with van der Waals surface area (Å²) in [6, 6.07) is 27.9. The number of hydrogen-bond donors (Lipinski definition) is 1. The molecule has 0 aliphatic carbocycles. The summed E-state index contributed by atoms with van der Waals surface area (Å²) < 4.78 is 5.19. The molecule has 0 spiro atoms. The molecule has 0 saturated heterocycles. The zero-order valence-electron chi connectivity index (χ0n) is 14.6. The number of thioether (sulfide) groups is 1. The van der Waals surface area contributed by atoms with Gasteiger partial charge in [-0.05, 0) is 23.3 Å². The van der Waals surface area contributed by atoms with Crippen LogP contribution in [0.15, 0.2) is 84.9 Å². The summed E-state index contributed by atoms with van der Waals surface area (Å²) in [7, 11) is 1.61. The first-order valence-corrected chi connectivity index (χ1v) is 9.46. The quantitative estimate of drug-likeness (QED) is 0.630. The Hall–Kier alpha value is -2.72. The number of carbonyl (C=O) groups excluding carboxylic acids is 1. The van der Waals surface area contributed by atoms with Crippen LogP contribution in [0.3, 0.4) is 0 Å². The second-order valence-electron chi connectivity index (χ2n) is 5.79. The van der Waals surface area contributed by atoms with Crippen LogP contribution in [-0.2, 0) is 4.79 Å². The van der Waals surface area contributed by atoms with Crippen LogP contribution in [0.2, 0.25) is 0 Å². The molecule has 0 radical (unpaired) electrons. The standard InChI is InChI=1S/C22H21NO2S/c1-25-20-14-8-13-19(15-20)23-21(24)16-26-22(17-9-4-2-5-10-17)18-11-6-3-7-12-18/h2-15,22H,16H2,1H3,(H,23,24). The minimum Gasteiger partial charge on any atom is -0.497 e. The zero-order chi connectivity index (χ0) is 18.2. The lowest BCUT2D eigenvalue weighted by atomic mass is 10.0. The molecule has 0 saturated carbocycles. The van der Waals surface area contributed by atoms with Crippen molar-refractivity contribution >= 4 is 23.4 Å². The van der Waals surface area contributed by atoms with E-state index < -0.39 is 0 Å². The zero-order valence-corrected chi connectivity index (χ0v) is 15.4. The Kier molecular flexibility index (Phi) is 6.34. The molecule has 3 aromatic rings. The first kappa shape index (κ1) is 18.1. The number of hydrogen-bond acceptors (Lipinski definition) is 3. The fourth-order valence-electron chi connectivity index (χ4n) is 2.70. The summed E-state index contributed by atoms with van der Waals surface area (Å²) in [6.45, 7) is 0. The van der Waals surface area contributed by atoms with Crippen LogP contribution in [-0.4, -0.2) is 18.8 Å². The summed E-state index contributed by atoms with van der Waals surface area (Å²) >= 11 is 1.62. The lowest BCUT2D eigenvalue weighted by molar-refractivity contribution is -0.113. The van der Waals surface area contributed by atoms with E-state index in [2.05, 4.69) is 29.6 Å². The van der Waals surface area contributed by atoms with E-state index in [1.807, 2.05) is 60.7 Å². The maximum Gasteiger partial charge on any atom is 0.234 e. The number of carbonyl (C=O) groups is 1. The third kappa shape index (κ3) is 4.90. The number of ether oxygens (including phenoxy) is 1. The fourth-order valence-corrected chi connectivity index (χ4v) is 3.79. The van der Waals surface area contributed by atoms with E-state index in [1.165, 1.54) is 11.1 Å². The largest absolute Gasteiger partial charge is 0.497 e. The Bertz CT molecular complexity index is 798. The van der Waals surface area contributed by atoms with E-state index in [1.54, 1.807) is 18.9 Å². The number of anilines is 1. The minimum atomic E-state index is -0.0277. The first-order chi connectivity index (χ1) is 12.8. The van der Waals surface area contributed by atoms with E-state index in [9.17, 15) is 4.79 Å². The fraction of sp³-hybridized carbons (Fsp3) is 0.136. The van der Waals surface area contributed by atoms with Gasteiger partial charge in [0.05, 0.1) is 18.1 Å². The first-order valence-electron chi connectivity index (χ1n) is 8.41. The maximum atomic E-state index is 12.4. The van der Waals surface area contributed by atoms with Gasteiger partial charge in [-0.1, -0.05) is 66.7 Å². The van der Waals surface area contributed by atoms with Crippen molar-refractivity contribution in [1.82, 2.24) is 0 Å². The monoisotopic (exact) mass is 363 g/mol. The molecule has 3 nitrogen and oxygen atoms in total. The predicted molar refractivity (Wildman–Crippen MR) is 109 cm³/mol. The minimum absolute atomic E-state index is 0.0277. The van der Waals surface area contributed by atoms with Crippen molar-refractivity contribution in [3.63, 3.8) is 0 Å². The molecular formula is C22H21NO2S. The lowest BCUT2D eigenvalue weighted by Crippen LogP contribution is -2.15. The summed E-state index contributed by atoms with van der Waals surface area (Å²) in [5.74, 6) is 1.06. The molecule has 0 heterocycles. The number of nitrogens with one attached hydrogen (secondary N) is 1. The molecule has 0 aromatic heterocycles. The van der Waals surface area contributed by atoms with Gasteiger partial charge in [-0.2, -0.15) is 0 Å².